The van der Waals surface area contributed by atoms with Gasteiger partial charge in [0.1, 0.15) is 0 Å². The molecule has 4 nitrogen and oxygen atoms in total. The van der Waals surface area contributed by atoms with Gasteiger partial charge >= 0.3 is 0 Å². The maximum atomic E-state index is 10.5. The van der Waals surface area contributed by atoms with E-state index in [1.807, 2.05) is 6.92 Å². The summed E-state index contributed by atoms with van der Waals surface area (Å²) in [6, 6.07) is 5.99. The molecule has 0 amide bonds. The van der Waals surface area contributed by atoms with Crippen LogP contribution in [-0.4, -0.2) is 43.6 Å². The molecule has 1 aromatic rings. The van der Waals surface area contributed by atoms with E-state index in [0.717, 1.165) is 5.56 Å². The molecule has 28 heavy (non-hydrogen) atoms. The van der Waals surface area contributed by atoms with Crippen molar-refractivity contribution in [2.24, 2.45) is 0 Å². The zero-order chi connectivity index (χ0) is 21.5. The standard InChI is InChI=1S/C16H36N.C7H8O3S/c1-5-9-13-17(14-10-6-2,15-11-7-3)16-12-8-4;1-6-2-4-7(5-3-6)11(8,9)10/h5-16H2,1-4H3;2-5H,1H3,(H,8,9,10)/q+1;. The third-order valence-corrected chi connectivity index (χ3v) is 6.13. The van der Waals surface area contributed by atoms with E-state index in [4.69, 9.17) is 4.55 Å². The summed E-state index contributed by atoms with van der Waals surface area (Å²) in [6.07, 6.45) is 11.1. The third kappa shape index (κ3) is 11.8. The van der Waals surface area contributed by atoms with Crippen LogP contribution in [0.4, 0.5) is 0 Å². The molecular formula is C23H44NO3S+. The van der Waals surface area contributed by atoms with Crippen LogP contribution < -0.4 is 0 Å². The molecule has 0 saturated carbocycles. The normalized spacial score (nSPS) is 11.8. The summed E-state index contributed by atoms with van der Waals surface area (Å²) in [6.45, 7) is 16.9. The van der Waals surface area contributed by atoms with E-state index in [9.17, 15) is 8.42 Å². The molecule has 5 heteroatoms. The van der Waals surface area contributed by atoms with Crippen LogP contribution in [0.3, 0.4) is 0 Å². The minimum absolute atomic E-state index is 0.0666. The maximum absolute atomic E-state index is 10.5. The Labute approximate surface area is 174 Å². The molecule has 0 radical (unpaired) electrons. The Balaban J connectivity index is 0.000000567. The van der Waals surface area contributed by atoms with Gasteiger partial charge in [0, 0.05) is 0 Å². The molecule has 0 aliphatic rings. The van der Waals surface area contributed by atoms with Gasteiger partial charge in [0.05, 0.1) is 31.1 Å². The first-order valence-electron chi connectivity index (χ1n) is 11.1. The highest BCUT2D eigenvalue weighted by Gasteiger charge is 2.24. The second-order valence-electron chi connectivity index (χ2n) is 7.94. The van der Waals surface area contributed by atoms with Crippen molar-refractivity contribution < 1.29 is 17.5 Å². The number of unbranched alkanes of at least 4 members (excludes halogenated alkanes) is 4. The van der Waals surface area contributed by atoms with Crippen molar-refractivity contribution in [1.29, 1.82) is 0 Å². The number of hydrogen-bond acceptors (Lipinski definition) is 2. The van der Waals surface area contributed by atoms with Crippen LogP contribution in [-0.2, 0) is 10.1 Å². The highest BCUT2D eigenvalue weighted by Crippen LogP contribution is 2.16. The van der Waals surface area contributed by atoms with Crippen molar-refractivity contribution >= 4 is 10.1 Å². The second kappa shape index (κ2) is 15.0. The molecule has 0 unspecified atom stereocenters. The van der Waals surface area contributed by atoms with Crippen molar-refractivity contribution in [1.82, 2.24) is 0 Å². The first-order valence-corrected chi connectivity index (χ1v) is 12.6. The Morgan fingerprint density at radius 3 is 1.29 bits per heavy atom. The van der Waals surface area contributed by atoms with E-state index in [2.05, 4.69) is 27.7 Å². The maximum Gasteiger partial charge on any atom is 0.294 e. The molecule has 0 aliphatic carbocycles. The second-order valence-corrected chi connectivity index (χ2v) is 9.36. The van der Waals surface area contributed by atoms with Crippen LogP contribution in [0.15, 0.2) is 29.2 Å². The summed E-state index contributed by atoms with van der Waals surface area (Å²) >= 11 is 0. The minimum atomic E-state index is -4.02. The van der Waals surface area contributed by atoms with Gasteiger partial charge in [-0.05, 0) is 44.7 Å². The van der Waals surface area contributed by atoms with Gasteiger partial charge in [-0.1, -0.05) is 71.1 Å². The number of rotatable bonds is 13. The largest absolute Gasteiger partial charge is 0.324 e. The number of aryl methyl sites for hydroxylation is 1. The Bertz CT molecular complexity index is 559. The SMILES string of the molecule is CCCC[N+](CCCC)(CCCC)CCCC.Cc1ccc(S(=O)(=O)O)cc1. The predicted octanol–water partition coefficient (Wildman–Crippen LogP) is 6.25. The molecular weight excluding hydrogens is 370 g/mol. The fourth-order valence-corrected chi connectivity index (χ4v) is 3.84. The average Bonchev–Trinajstić information content (AvgIpc) is 2.67. The summed E-state index contributed by atoms with van der Waals surface area (Å²) in [7, 11) is -4.02. The highest BCUT2D eigenvalue weighted by molar-refractivity contribution is 7.85. The number of nitrogens with zero attached hydrogens (tertiary/aromatic N) is 1. The van der Waals surface area contributed by atoms with Crippen LogP contribution in [0.25, 0.3) is 0 Å². The fraction of sp³-hybridized carbons (Fsp3) is 0.739. The molecule has 0 bridgehead atoms. The van der Waals surface area contributed by atoms with Gasteiger partial charge in [0.2, 0.25) is 0 Å². The van der Waals surface area contributed by atoms with E-state index in [-0.39, 0.29) is 4.90 Å². The van der Waals surface area contributed by atoms with Gasteiger partial charge in [0.15, 0.2) is 0 Å². The molecule has 0 spiro atoms. The van der Waals surface area contributed by atoms with Crippen LogP contribution in [0.1, 0.15) is 84.6 Å². The van der Waals surface area contributed by atoms with Gasteiger partial charge in [-0.2, -0.15) is 8.42 Å². The van der Waals surface area contributed by atoms with Gasteiger partial charge in [-0.3, -0.25) is 4.55 Å². The van der Waals surface area contributed by atoms with Gasteiger partial charge in [-0.15, -0.1) is 0 Å². The van der Waals surface area contributed by atoms with Gasteiger partial charge < -0.3 is 4.48 Å². The summed E-state index contributed by atoms with van der Waals surface area (Å²) in [5.41, 5.74) is 0.956. The van der Waals surface area contributed by atoms with Gasteiger partial charge in [0.25, 0.3) is 10.1 Å². The van der Waals surface area contributed by atoms with E-state index in [1.165, 1.54) is 94.2 Å². The smallest absolute Gasteiger partial charge is 0.294 e. The molecule has 1 aromatic carbocycles. The molecule has 164 valence electrons. The van der Waals surface area contributed by atoms with Crippen LogP contribution in [0.2, 0.25) is 0 Å². The van der Waals surface area contributed by atoms with Crippen molar-refractivity contribution in [2.45, 2.75) is 90.9 Å². The van der Waals surface area contributed by atoms with E-state index >= 15 is 0 Å². The zero-order valence-electron chi connectivity index (χ0n) is 18.9. The molecule has 1 N–H and O–H groups in total. The lowest BCUT2D eigenvalue weighted by Gasteiger charge is -2.39. The molecule has 0 saturated heterocycles. The van der Waals surface area contributed by atoms with E-state index in [1.54, 1.807) is 12.1 Å². The number of benzene rings is 1. The lowest BCUT2D eigenvalue weighted by atomic mass is 10.1. The number of hydrogen-bond donors (Lipinski definition) is 1. The molecule has 0 aliphatic heterocycles. The lowest BCUT2D eigenvalue weighted by Crippen LogP contribution is -2.50. The minimum Gasteiger partial charge on any atom is -0.324 e. The topological polar surface area (TPSA) is 54.4 Å². The highest BCUT2D eigenvalue weighted by atomic mass is 32.2. The van der Waals surface area contributed by atoms with Crippen molar-refractivity contribution in [3.8, 4) is 0 Å². The Morgan fingerprint density at radius 2 is 1.04 bits per heavy atom. The number of quaternary nitrogens is 1. The Kier molecular flexibility index (Phi) is 14.5. The van der Waals surface area contributed by atoms with E-state index in [0.29, 0.717) is 0 Å². The Morgan fingerprint density at radius 1 is 0.714 bits per heavy atom. The monoisotopic (exact) mass is 414 g/mol. The van der Waals surface area contributed by atoms with Crippen LogP contribution in [0, 0.1) is 6.92 Å². The molecule has 0 atom stereocenters. The predicted molar refractivity (Wildman–Crippen MR) is 120 cm³/mol. The summed E-state index contributed by atoms with van der Waals surface area (Å²) < 4.78 is 31.0. The quantitative estimate of drug-likeness (QED) is 0.307. The van der Waals surface area contributed by atoms with E-state index < -0.39 is 10.1 Å². The van der Waals surface area contributed by atoms with Crippen molar-refractivity contribution in [3.63, 3.8) is 0 Å². The van der Waals surface area contributed by atoms with Crippen molar-refractivity contribution in [2.75, 3.05) is 26.2 Å². The molecule has 0 heterocycles. The van der Waals surface area contributed by atoms with Crippen molar-refractivity contribution in [3.05, 3.63) is 29.8 Å². The summed E-state index contributed by atoms with van der Waals surface area (Å²) in [5, 5.41) is 0. The summed E-state index contributed by atoms with van der Waals surface area (Å²) in [5.74, 6) is 0. The molecule has 0 fully saturated rings. The van der Waals surface area contributed by atoms with Crippen LogP contribution >= 0.6 is 0 Å². The first-order chi connectivity index (χ1) is 13.2. The first kappa shape index (κ1) is 27.1. The molecule has 0 aromatic heterocycles. The third-order valence-electron chi connectivity index (χ3n) is 5.26. The lowest BCUT2D eigenvalue weighted by molar-refractivity contribution is -0.929. The average molecular weight is 415 g/mol. The zero-order valence-corrected chi connectivity index (χ0v) is 19.7. The van der Waals surface area contributed by atoms with Crippen LogP contribution in [0.5, 0.6) is 0 Å². The van der Waals surface area contributed by atoms with Gasteiger partial charge in [-0.25, -0.2) is 0 Å². The Hall–Kier alpha value is -0.910. The fourth-order valence-electron chi connectivity index (χ4n) is 3.36. The summed E-state index contributed by atoms with van der Waals surface area (Å²) in [4.78, 5) is -0.0666. The molecule has 1 rings (SSSR count).